The van der Waals surface area contributed by atoms with Crippen LogP contribution >= 0.6 is 0 Å². The molecule has 1 aliphatic carbocycles. The Balaban J connectivity index is 0.000000459. The zero-order valence-electron chi connectivity index (χ0n) is 20.8. The Morgan fingerprint density at radius 2 is 1.59 bits per heavy atom. The summed E-state index contributed by atoms with van der Waals surface area (Å²) in [7, 11) is 0. The topological polar surface area (TPSA) is 184 Å². The summed E-state index contributed by atoms with van der Waals surface area (Å²) in [5.74, 6) is -6.83. The highest BCUT2D eigenvalue weighted by Gasteiger charge is 2.59. The molecular formula is C25H29F3N4O7. The van der Waals surface area contributed by atoms with Crippen molar-refractivity contribution < 1.29 is 47.4 Å². The highest BCUT2D eigenvalue weighted by Crippen LogP contribution is 2.48. The van der Waals surface area contributed by atoms with Gasteiger partial charge in [-0.15, -0.1) is 0 Å². The van der Waals surface area contributed by atoms with Gasteiger partial charge in [-0.3, -0.25) is 14.4 Å². The predicted molar refractivity (Wildman–Crippen MR) is 128 cm³/mol. The van der Waals surface area contributed by atoms with Gasteiger partial charge < -0.3 is 31.5 Å². The van der Waals surface area contributed by atoms with E-state index in [4.69, 9.17) is 21.7 Å². The van der Waals surface area contributed by atoms with Crippen molar-refractivity contribution in [1.82, 2.24) is 9.80 Å². The van der Waals surface area contributed by atoms with E-state index < -0.39 is 46.8 Å². The summed E-state index contributed by atoms with van der Waals surface area (Å²) in [6, 6.07) is 0.294. The minimum atomic E-state index is -1.28. The van der Waals surface area contributed by atoms with Crippen molar-refractivity contribution in [3.05, 3.63) is 47.3 Å². The van der Waals surface area contributed by atoms with Gasteiger partial charge in [0.15, 0.2) is 11.6 Å². The normalized spacial score (nSPS) is 21.6. The average Bonchev–Trinajstić information content (AvgIpc) is 3.41. The highest BCUT2D eigenvalue weighted by atomic mass is 19.2. The number of rotatable bonds is 8. The molecule has 11 nitrogen and oxygen atoms in total. The van der Waals surface area contributed by atoms with Crippen LogP contribution in [0.5, 0.6) is 0 Å². The molecular weight excluding hydrogens is 525 g/mol. The molecule has 0 bridgehead atoms. The Bertz CT molecular complexity index is 1190. The fourth-order valence-electron chi connectivity index (χ4n) is 4.99. The Morgan fingerprint density at radius 1 is 1.00 bits per heavy atom. The van der Waals surface area contributed by atoms with Crippen LogP contribution in [0.2, 0.25) is 0 Å². The van der Waals surface area contributed by atoms with Crippen LogP contribution in [0.4, 0.5) is 13.2 Å². The number of halogens is 3. The van der Waals surface area contributed by atoms with E-state index in [0.29, 0.717) is 50.7 Å². The lowest BCUT2D eigenvalue weighted by atomic mass is 10.0. The molecule has 2 saturated heterocycles. The van der Waals surface area contributed by atoms with Crippen LogP contribution in [0.1, 0.15) is 31.2 Å². The van der Waals surface area contributed by atoms with Gasteiger partial charge in [0, 0.05) is 56.2 Å². The number of aliphatic carboxylic acids is 2. The Labute approximate surface area is 221 Å². The van der Waals surface area contributed by atoms with Crippen molar-refractivity contribution in [2.75, 3.05) is 19.6 Å². The molecule has 1 aromatic rings. The number of nitrogens with two attached hydrogens (primary N) is 2. The van der Waals surface area contributed by atoms with E-state index in [2.05, 4.69) is 0 Å². The smallest absolute Gasteiger partial charge is 0.328 e. The number of likely N-dealkylation sites (tertiary alicyclic amines) is 2. The SMILES string of the molecule is NC(=O)C1(C(=O)N2C[C@@H]3CCN(C(=O)C[C@H](N)Cc4cc(F)c(F)cc4F)[C@@H]3C2)CC1.O=C(O)C=CC(=O)O. The van der Waals surface area contributed by atoms with Gasteiger partial charge in [0.05, 0.1) is 6.04 Å². The van der Waals surface area contributed by atoms with Crippen LogP contribution in [-0.4, -0.2) is 81.4 Å². The summed E-state index contributed by atoms with van der Waals surface area (Å²) in [5.41, 5.74) is 10.2. The number of carboxylic acid groups (broad SMARTS) is 2. The summed E-state index contributed by atoms with van der Waals surface area (Å²) in [4.78, 5) is 59.7. The fraction of sp³-hybridized carbons (Fsp3) is 0.480. The fourth-order valence-corrected chi connectivity index (χ4v) is 4.99. The van der Waals surface area contributed by atoms with Gasteiger partial charge in [-0.05, 0) is 37.3 Å². The summed E-state index contributed by atoms with van der Waals surface area (Å²) in [6.45, 7) is 1.36. The maximum absolute atomic E-state index is 13.9. The Hall–Kier alpha value is -3.94. The zero-order chi connectivity index (χ0) is 29.1. The van der Waals surface area contributed by atoms with Crippen molar-refractivity contribution in [2.24, 2.45) is 22.8 Å². The Morgan fingerprint density at radius 3 is 2.13 bits per heavy atom. The number of carboxylic acids is 2. The molecule has 3 amide bonds. The monoisotopic (exact) mass is 554 g/mol. The first-order valence-electron chi connectivity index (χ1n) is 12.2. The van der Waals surface area contributed by atoms with Crippen LogP contribution in [0.25, 0.3) is 0 Å². The molecule has 2 heterocycles. The molecule has 212 valence electrons. The summed E-state index contributed by atoms with van der Waals surface area (Å²) < 4.78 is 40.3. The zero-order valence-corrected chi connectivity index (χ0v) is 20.8. The maximum atomic E-state index is 13.9. The molecule has 1 saturated carbocycles. The number of amides is 3. The molecule has 0 aromatic heterocycles. The molecule has 3 fully saturated rings. The largest absolute Gasteiger partial charge is 0.478 e. The quantitative estimate of drug-likeness (QED) is 0.202. The molecule has 1 aromatic carbocycles. The number of nitrogens with zero attached hydrogens (tertiary/aromatic N) is 2. The van der Waals surface area contributed by atoms with Crippen molar-refractivity contribution in [1.29, 1.82) is 0 Å². The third-order valence-corrected chi connectivity index (χ3v) is 7.16. The van der Waals surface area contributed by atoms with E-state index in [9.17, 15) is 37.1 Å². The summed E-state index contributed by atoms with van der Waals surface area (Å²) >= 11 is 0. The first kappa shape index (κ1) is 29.6. The van der Waals surface area contributed by atoms with Crippen molar-refractivity contribution in [2.45, 2.75) is 44.2 Å². The number of hydrogen-bond donors (Lipinski definition) is 4. The molecule has 14 heteroatoms. The van der Waals surface area contributed by atoms with Crippen molar-refractivity contribution in [3.63, 3.8) is 0 Å². The number of carbonyl (C=O) groups excluding carboxylic acids is 3. The van der Waals surface area contributed by atoms with Gasteiger partial charge in [0.25, 0.3) is 0 Å². The van der Waals surface area contributed by atoms with Crippen LogP contribution in [0.3, 0.4) is 0 Å². The molecule has 0 spiro atoms. The van der Waals surface area contributed by atoms with E-state index in [-0.39, 0.29) is 42.2 Å². The van der Waals surface area contributed by atoms with Gasteiger partial charge >= 0.3 is 11.9 Å². The number of carbonyl (C=O) groups is 5. The molecule has 3 atom stereocenters. The molecule has 6 N–H and O–H groups in total. The van der Waals surface area contributed by atoms with Gasteiger partial charge in [0.1, 0.15) is 11.2 Å². The summed E-state index contributed by atoms with van der Waals surface area (Å²) in [5, 5.41) is 15.6. The van der Waals surface area contributed by atoms with E-state index in [1.807, 2.05) is 0 Å². The van der Waals surface area contributed by atoms with Gasteiger partial charge in [-0.25, -0.2) is 22.8 Å². The van der Waals surface area contributed by atoms with Gasteiger partial charge in [-0.1, -0.05) is 0 Å². The van der Waals surface area contributed by atoms with Crippen molar-refractivity contribution in [3.8, 4) is 0 Å². The van der Waals surface area contributed by atoms with Crippen molar-refractivity contribution >= 4 is 29.7 Å². The lowest BCUT2D eigenvalue weighted by molar-refractivity contribution is -0.143. The number of fused-ring (bicyclic) bond motifs is 1. The number of hydrogen-bond acceptors (Lipinski definition) is 6. The molecule has 2 aliphatic heterocycles. The number of primary amides is 1. The maximum Gasteiger partial charge on any atom is 0.328 e. The van der Waals surface area contributed by atoms with E-state index in [1.54, 1.807) is 9.80 Å². The Kier molecular flexibility index (Phi) is 8.99. The second-order valence-electron chi connectivity index (χ2n) is 9.90. The lowest BCUT2D eigenvalue weighted by Crippen LogP contribution is -2.46. The molecule has 0 unspecified atom stereocenters. The molecule has 0 radical (unpaired) electrons. The molecule has 39 heavy (non-hydrogen) atoms. The van der Waals surface area contributed by atoms with Crippen LogP contribution in [0, 0.1) is 28.8 Å². The number of benzene rings is 1. The summed E-state index contributed by atoms with van der Waals surface area (Å²) in [6.07, 6.45) is 2.58. The average molecular weight is 555 g/mol. The third-order valence-electron chi connectivity index (χ3n) is 7.16. The molecule has 4 rings (SSSR count). The highest BCUT2D eigenvalue weighted by molar-refractivity contribution is 6.07. The van der Waals surface area contributed by atoms with Crippen LogP contribution in [-0.2, 0) is 30.4 Å². The third kappa shape index (κ3) is 6.93. The van der Waals surface area contributed by atoms with Crippen LogP contribution in [0.15, 0.2) is 24.3 Å². The standard InChI is InChI=1S/C21H25F3N4O3.C4H4O4/c22-14-8-16(24)15(23)6-12(14)5-13(25)7-18(29)28-4-1-11-9-27(10-17(11)28)20(31)21(2-3-21)19(26)30;5-3(6)1-2-4(7)8/h6,8,11,13,17H,1-5,7,9-10,25H2,(H2,26,30);1-2H,(H,5,6)(H,7,8)/t11-,13+,17+;/m0./s1. The first-order valence-corrected chi connectivity index (χ1v) is 12.2. The van der Waals surface area contributed by atoms with Crippen LogP contribution < -0.4 is 11.5 Å². The van der Waals surface area contributed by atoms with Gasteiger partial charge in [-0.2, -0.15) is 0 Å². The predicted octanol–water partition coefficient (Wildman–Crippen LogP) is 0.400. The molecule has 3 aliphatic rings. The van der Waals surface area contributed by atoms with E-state index in [1.165, 1.54) is 0 Å². The minimum Gasteiger partial charge on any atom is -0.478 e. The van der Waals surface area contributed by atoms with E-state index >= 15 is 0 Å². The van der Waals surface area contributed by atoms with E-state index in [0.717, 1.165) is 12.5 Å². The lowest BCUT2D eigenvalue weighted by Gasteiger charge is -2.27. The second kappa shape index (κ2) is 11.8. The minimum absolute atomic E-state index is 0.0825. The van der Waals surface area contributed by atoms with Gasteiger partial charge in [0.2, 0.25) is 17.7 Å². The first-order chi connectivity index (χ1) is 18.2. The second-order valence-corrected chi connectivity index (χ2v) is 9.90.